The number of anilines is 1. The molecule has 3 heterocycles. The number of nitrogens with one attached hydrogen (secondary N) is 2. The van der Waals surface area contributed by atoms with Crippen molar-refractivity contribution in [1.82, 2.24) is 20.1 Å². The summed E-state index contributed by atoms with van der Waals surface area (Å²) in [5.41, 5.74) is 2.86. The summed E-state index contributed by atoms with van der Waals surface area (Å²) < 4.78 is 58.0. The second kappa shape index (κ2) is 9.35. The Balaban J connectivity index is 1.50. The predicted octanol–water partition coefficient (Wildman–Crippen LogP) is 4.59. The van der Waals surface area contributed by atoms with Crippen LogP contribution in [0.15, 0.2) is 65.7 Å². The van der Waals surface area contributed by atoms with Crippen LogP contribution in [-0.2, 0) is 10.0 Å². The molecule has 7 nitrogen and oxygen atoms in total. The predicted molar refractivity (Wildman–Crippen MR) is 130 cm³/mol. The van der Waals surface area contributed by atoms with Gasteiger partial charge in [-0.25, -0.2) is 17.8 Å². The van der Waals surface area contributed by atoms with Gasteiger partial charge in [0.15, 0.2) is 0 Å². The van der Waals surface area contributed by atoms with Crippen LogP contribution in [0.1, 0.15) is 42.9 Å². The number of sulfonamides is 1. The van der Waals surface area contributed by atoms with E-state index in [1.54, 1.807) is 4.68 Å². The van der Waals surface area contributed by atoms with E-state index in [4.69, 9.17) is 0 Å². The van der Waals surface area contributed by atoms with Crippen molar-refractivity contribution >= 4 is 26.7 Å². The van der Waals surface area contributed by atoms with E-state index < -0.39 is 26.7 Å². The number of pyridine rings is 1. The summed E-state index contributed by atoms with van der Waals surface area (Å²) in [6, 6.07) is 14.2. The summed E-state index contributed by atoms with van der Waals surface area (Å²) in [5, 5.41) is 8.35. The minimum absolute atomic E-state index is 0.185. The van der Waals surface area contributed by atoms with Crippen molar-refractivity contribution in [2.45, 2.75) is 36.6 Å². The van der Waals surface area contributed by atoms with Crippen LogP contribution < -0.4 is 10.0 Å². The first-order chi connectivity index (χ1) is 16.8. The molecular weight excluding hydrogens is 472 g/mol. The molecule has 1 aliphatic heterocycles. The number of rotatable bonds is 6. The van der Waals surface area contributed by atoms with Gasteiger partial charge in [-0.2, -0.15) is 9.49 Å². The lowest BCUT2D eigenvalue weighted by molar-refractivity contribution is 0.453. The summed E-state index contributed by atoms with van der Waals surface area (Å²) in [4.78, 5) is 2.93. The van der Waals surface area contributed by atoms with E-state index >= 15 is 4.39 Å². The van der Waals surface area contributed by atoms with Crippen LogP contribution in [0.2, 0.25) is 0 Å². The van der Waals surface area contributed by atoms with Crippen LogP contribution in [0.4, 0.5) is 14.6 Å². The average molecular weight is 498 g/mol. The highest BCUT2D eigenvalue weighted by molar-refractivity contribution is 7.92. The lowest BCUT2D eigenvalue weighted by Gasteiger charge is -2.27. The molecule has 2 N–H and O–H groups in total. The van der Waals surface area contributed by atoms with E-state index in [-0.39, 0.29) is 11.9 Å². The number of piperidine rings is 1. The van der Waals surface area contributed by atoms with Crippen molar-refractivity contribution in [3.63, 3.8) is 0 Å². The maximum absolute atomic E-state index is 15.1. The molecule has 2 aromatic carbocycles. The molecule has 1 atom stereocenters. The first kappa shape index (κ1) is 23.4. The lowest BCUT2D eigenvalue weighted by atomic mass is 9.85. The summed E-state index contributed by atoms with van der Waals surface area (Å²) in [6.07, 6.45) is 3.62. The summed E-state index contributed by atoms with van der Waals surface area (Å²) in [5.74, 6) is -1.57. The molecule has 4 aromatic rings. The Bertz CT molecular complexity index is 1480. The molecule has 182 valence electrons. The molecule has 1 aliphatic rings. The zero-order chi connectivity index (χ0) is 24.6. The summed E-state index contributed by atoms with van der Waals surface area (Å²) in [7, 11) is -4.33. The molecule has 1 saturated heterocycles. The number of nitrogens with zero attached hydrogens (tertiary/aromatic N) is 3. The highest BCUT2D eigenvalue weighted by Gasteiger charge is 2.25. The van der Waals surface area contributed by atoms with Crippen molar-refractivity contribution in [1.29, 1.82) is 0 Å². The highest BCUT2D eigenvalue weighted by Crippen LogP contribution is 2.34. The molecule has 2 aromatic heterocycles. The monoisotopic (exact) mass is 497 g/mol. The molecule has 5 rings (SSSR count). The van der Waals surface area contributed by atoms with Gasteiger partial charge in [-0.1, -0.05) is 30.3 Å². The quantitative estimate of drug-likeness (QED) is 0.381. The molecule has 1 fully saturated rings. The van der Waals surface area contributed by atoms with Gasteiger partial charge in [0.1, 0.15) is 16.5 Å². The van der Waals surface area contributed by atoms with Gasteiger partial charge in [0.2, 0.25) is 5.95 Å². The van der Waals surface area contributed by atoms with E-state index in [1.807, 2.05) is 19.1 Å². The smallest absolute Gasteiger partial charge is 0.265 e. The minimum Gasteiger partial charge on any atom is -0.317 e. The van der Waals surface area contributed by atoms with Crippen LogP contribution in [0.25, 0.3) is 10.9 Å². The Labute approximate surface area is 202 Å². The highest BCUT2D eigenvalue weighted by atomic mass is 32.2. The topological polar surface area (TPSA) is 88.9 Å². The van der Waals surface area contributed by atoms with Gasteiger partial charge in [0.05, 0.1) is 17.8 Å². The first-order valence-corrected chi connectivity index (χ1v) is 12.9. The van der Waals surface area contributed by atoms with E-state index in [0.717, 1.165) is 37.6 Å². The Morgan fingerprint density at radius 3 is 2.63 bits per heavy atom. The van der Waals surface area contributed by atoms with Gasteiger partial charge in [-0.05, 0) is 68.1 Å². The van der Waals surface area contributed by atoms with Crippen LogP contribution in [0, 0.1) is 11.8 Å². The number of fused-ring (bicyclic) bond motifs is 1. The average Bonchev–Trinajstić information content (AvgIpc) is 3.26. The fraction of sp³-hybridized carbons (Fsp3) is 0.280. The van der Waals surface area contributed by atoms with E-state index in [2.05, 4.69) is 32.3 Å². The van der Waals surface area contributed by atoms with Gasteiger partial charge >= 0.3 is 0 Å². The number of benzene rings is 2. The Kier molecular flexibility index (Phi) is 6.24. The van der Waals surface area contributed by atoms with Gasteiger partial charge < -0.3 is 5.32 Å². The molecule has 0 saturated carbocycles. The number of halogens is 2. The molecule has 0 radical (unpaired) electrons. The fourth-order valence-corrected chi connectivity index (χ4v) is 5.84. The van der Waals surface area contributed by atoms with E-state index in [1.165, 1.54) is 36.0 Å². The molecule has 0 spiro atoms. The van der Waals surface area contributed by atoms with Crippen LogP contribution >= 0.6 is 0 Å². The zero-order valence-corrected chi connectivity index (χ0v) is 19.9. The number of hydrogen-bond donors (Lipinski definition) is 2. The molecule has 0 bridgehead atoms. The normalized spacial score (nSPS) is 15.9. The largest absolute Gasteiger partial charge is 0.317 e. The van der Waals surface area contributed by atoms with Crippen LogP contribution in [0.5, 0.6) is 0 Å². The van der Waals surface area contributed by atoms with Crippen LogP contribution in [-0.4, -0.2) is 36.3 Å². The fourth-order valence-electron chi connectivity index (χ4n) is 4.75. The van der Waals surface area contributed by atoms with Crippen molar-refractivity contribution in [2.75, 3.05) is 17.8 Å². The third-order valence-corrected chi connectivity index (χ3v) is 7.85. The number of hydrogen-bond acceptors (Lipinski definition) is 5. The van der Waals surface area contributed by atoms with Crippen molar-refractivity contribution in [3.05, 3.63) is 83.7 Å². The molecule has 0 amide bonds. The molecule has 0 unspecified atom stereocenters. The number of aromatic nitrogens is 3. The molecule has 0 aliphatic carbocycles. The van der Waals surface area contributed by atoms with Gasteiger partial charge in [0.25, 0.3) is 10.0 Å². The maximum Gasteiger partial charge on any atom is 0.265 e. The van der Waals surface area contributed by atoms with Gasteiger partial charge in [0, 0.05) is 11.5 Å². The summed E-state index contributed by atoms with van der Waals surface area (Å²) >= 11 is 0. The van der Waals surface area contributed by atoms with E-state index in [0.29, 0.717) is 16.8 Å². The third kappa shape index (κ3) is 4.63. The van der Waals surface area contributed by atoms with Crippen molar-refractivity contribution in [3.8, 4) is 0 Å². The lowest BCUT2D eigenvalue weighted by Crippen LogP contribution is -2.27. The zero-order valence-electron chi connectivity index (χ0n) is 19.1. The van der Waals surface area contributed by atoms with Crippen molar-refractivity contribution < 1.29 is 17.2 Å². The van der Waals surface area contributed by atoms with Gasteiger partial charge in [-0.15, -0.1) is 0 Å². The standard InChI is InChI=1S/C25H25F2N5O2S/c1-16(19-5-2-3-6-20(19)17-9-11-28-12-10-17)32-22-14-21(26)23(13-18(22)15-29-32)35(33,34)31-25-8-4-7-24(27)30-25/h2-8,13-17,28H,9-12H2,1H3,(H,30,31)/t16-/m1/s1. The molecule has 35 heavy (non-hydrogen) atoms. The first-order valence-electron chi connectivity index (χ1n) is 11.4. The molecule has 10 heteroatoms. The third-order valence-electron chi connectivity index (χ3n) is 6.48. The summed E-state index contributed by atoms with van der Waals surface area (Å²) in [6.45, 7) is 3.95. The van der Waals surface area contributed by atoms with E-state index in [9.17, 15) is 12.8 Å². The SMILES string of the molecule is C[C@H](c1ccccc1C1CCNCC1)n1ncc2cc(S(=O)(=O)Nc3cccc(F)n3)c(F)cc21. The Hall–Kier alpha value is -3.37. The maximum atomic E-state index is 15.1. The van der Waals surface area contributed by atoms with Crippen molar-refractivity contribution in [2.24, 2.45) is 0 Å². The Morgan fingerprint density at radius 1 is 1.09 bits per heavy atom. The Morgan fingerprint density at radius 2 is 1.86 bits per heavy atom. The van der Waals surface area contributed by atoms with Gasteiger partial charge in [-0.3, -0.25) is 9.40 Å². The minimum atomic E-state index is -4.33. The molecular formula is C25H25F2N5O2S. The second-order valence-corrected chi connectivity index (χ2v) is 10.4. The second-order valence-electron chi connectivity index (χ2n) is 8.71. The van der Waals surface area contributed by atoms with Crippen LogP contribution in [0.3, 0.4) is 0 Å².